The number of aliphatic carboxylic acids is 4. The molecule has 4 unspecified atom stereocenters. The van der Waals surface area contributed by atoms with Crippen molar-refractivity contribution in [2.75, 3.05) is 26.4 Å². The zero-order valence-corrected chi connectivity index (χ0v) is 33.2. The van der Waals surface area contributed by atoms with Crippen LogP contribution in [0.1, 0.15) is 109 Å². The van der Waals surface area contributed by atoms with E-state index in [0.717, 1.165) is 0 Å². The third kappa shape index (κ3) is 15.7. The molecule has 0 bridgehead atoms. The molecular weight excluding hydrogens is 700 g/mol. The predicted octanol–water partition coefficient (Wildman–Crippen LogP) is 4.69. The molecule has 0 radical (unpaired) electrons. The molecule has 0 aliphatic rings. The van der Waals surface area contributed by atoms with Crippen molar-refractivity contribution in [3.8, 4) is 0 Å². The summed E-state index contributed by atoms with van der Waals surface area (Å²) in [4.78, 5) is 99.7. The number of esters is 4. The lowest BCUT2D eigenvalue weighted by Gasteiger charge is -2.36. The normalized spacial score (nSPS) is 15.8. The highest BCUT2D eigenvalue weighted by molar-refractivity contribution is 5.80. The first-order chi connectivity index (χ1) is 23.8. The monoisotopic (exact) mass is 760 g/mol. The molecule has 0 fully saturated rings. The number of ether oxygens (including phenoxy) is 4. The van der Waals surface area contributed by atoms with E-state index in [4.69, 9.17) is 18.9 Å². The van der Waals surface area contributed by atoms with Crippen molar-refractivity contribution in [1.29, 1.82) is 0 Å². The first-order valence-corrected chi connectivity index (χ1v) is 17.4. The maximum Gasteiger partial charge on any atom is 0.311 e. The molecule has 0 aliphatic carbocycles. The van der Waals surface area contributed by atoms with E-state index in [1.54, 1.807) is 0 Å². The lowest BCUT2D eigenvalue weighted by Crippen LogP contribution is -2.47. The molecule has 0 saturated heterocycles. The van der Waals surface area contributed by atoms with Crippen LogP contribution < -0.4 is 0 Å². The zero-order valence-electron chi connectivity index (χ0n) is 33.2. The number of carboxylic acid groups (broad SMARTS) is 4. The summed E-state index contributed by atoms with van der Waals surface area (Å²) in [5.41, 5.74) is -7.24. The Balaban J connectivity index is 6.94. The van der Waals surface area contributed by atoms with Gasteiger partial charge in [-0.15, -0.1) is 0 Å². The van der Waals surface area contributed by atoms with Crippen molar-refractivity contribution in [3.63, 3.8) is 0 Å². The fourth-order valence-electron chi connectivity index (χ4n) is 5.65. The summed E-state index contributed by atoms with van der Waals surface area (Å²) in [5.74, 6) is -11.8. The van der Waals surface area contributed by atoms with E-state index >= 15 is 0 Å². The SMILES string of the molecule is CC(CC(C)(C)C(=O)OCC(COC(=O)C(C)(C)CC(C)C(=O)O)(COC(=O)C(C)(C)CC(C)C(=O)O)COC(=O)C(C)(C)CC(C)C(=O)O)C(=O)O. The summed E-state index contributed by atoms with van der Waals surface area (Å²) in [7, 11) is 0. The Morgan fingerprint density at radius 2 is 0.528 bits per heavy atom. The average Bonchev–Trinajstić information content (AvgIpc) is 3.01. The number of hydrogen-bond acceptors (Lipinski definition) is 12. The van der Waals surface area contributed by atoms with Gasteiger partial charge in [0, 0.05) is 0 Å². The second kappa shape index (κ2) is 19.2. The Kier molecular flexibility index (Phi) is 17.7. The van der Waals surface area contributed by atoms with Gasteiger partial charge >= 0.3 is 47.8 Å². The maximum absolute atomic E-state index is 13.4. The molecule has 16 heteroatoms. The Bertz CT molecular complexity index is 1150. The molecule has 0 rings (SSSR count). The summed E-state index contributed by atoms with van der Waals surface area (Å²) in [6.45, 7) is 14.5. The van der Waals surface area contributed by atoms with Gasteiger partial charge in [-0.25, -0.2) is 0 Å². The van der Waals surface area contributed by atoms with Gasteiger partial charge in [0.05, 0.1) is 45.3 Å². The fraction of sp³-hybridized carbons (Fsp3) is 0.784. The molecule has 304 valence electrons. The van der Waals surface area contributed by atoms with Crippen molar-refractivity contribution >= 4 is 47.8 Å². The van der Waals surface area contributed by atoms with Crippen LogP contribution in [0.3, 0.4) is 0 Å². The second-order valence-electron chi connectivity index (χ2n) is 17.1. The molecule has 16 nitrogen and oxygen atoms in total. The van der Waals surface area contributed by atoms with Gasteiger partial charge in [0.15, 0.2) is 0 Å². The minimum atomic E-state index is -1.82. The van der Waals surface area contributed by atoms with Gasteiger partial charge in [-0.2, -0.15) is 0 Å². The molecular formula is C37H60O16. The van der Waals surface area contributed by atoms with Gasteiger partial charge in [-0.3, -0.25) is 38.4 Å². The highest BCUT2D eigenvalue weighted by atomic mass is 16.6. The third-order valence-corrected chi connectivity index (χ3v) is 9.20. The first kappa shape index (κ1) is 48.8. The van der Waals surface area contributed by atoms with Crippen molar-refractivity contribution < 1.29 is 77.7 Å². The van der Waals surface area contributed by atoms with Gasteiger partial charge in [0.1, 0.15) is 31.8 Å². The lowest BCUT2D eigenvalue weighted by molar-refractivity contribution is -0.182. The first-order valence-electron chi connectivity index (χ1n) is 17.4. The molecule has 0 aromatic carbocycles. The van der Waals surface area contributed by atoms with Crippen LogP contribution in [0.2, 0.25) is 0 Å². The largest absolute Gasteiger partial charge is 0.481 e. The minimum absolute atomic E-state index is 0.130. The topological polar surface area (TPSA) is 254 Å². The van der Waals surface area contributed by atoms with Crippen molar-refractivity contribution in [3.05, 3.63) is 0 Å². The van der Waals surface area contributed by atoms with Crippen molar-refractivity contribution in [1.82, 2.24) is 0 Å². The standard InChI is InChI=1S/C37H60O16/c1-21(25(38)39)13-33(5,6)29(46)50-17-37(18-51-30(47)34(7,8)14-22(2)26(40)41,19-52-31(48)35(9,10)15-23(3)27(42)43)20-53-32(49)36(11,12)16-24(4)28(44)45/h21-24H,13-20H2,1-12H3,(H,38,39)(H,40,41)(H,42,43)(H,44,45). The second-order valence-corrected chi connectivity index (χ2v) is 17.1. The van der Waals surface area contributed by atoms with E-state index in [1.165, 1.54) is 83.1 Å². The molecule has 0 aliphatic heterocycles. The van der Waals surface area contributed by atoms with Crippen LogP contribution in [0.25, 0.3) is 0 Å². The average molecular weight is 761 g/mol. The van der Waals surface area contributed by atoms with Crippen molar-refractivity contribution in [2.24, 2.45) is 50.7 Å². The summed E-state index contributed by atoms with van der Waals surface area (Å²) in [5, 5.41) is 37.6. The highest BCUT2D eigenvalue weighted by Crippen LogP contribution is 2.34. The van der Waals surface area contributed by atoms with Crippen LogP contribution in [-0.2, 0) is 57.3 Å². The van der Waals surface area contributed by atoms with Crippen LogP contribution in [-0.4, -0.2) is 94.6 Å². The Morgan fingerprint density at radius 3 is 0.660 bits per heavy atom. The smallest absolute Gasteiger partial charge is 0.311 e. The van der Waals surface area contributed by atoms with E-state index in [-0.39, 0.29) is 25.7 Å². The van der Waals surface area contributed by atoms with E-state index in [1.807, 2.05) is 0 Å². The van der Waals surface area contributed by atoms with Crippen molar-refractivity contribution in [2.45, 2.75) is 109 Å². The van der Waals surface area contributed by atoms with Crippen LogP contribution in [0.15, 0.2) is 0 Å². The van der Waals surface area contributed by atoms with E-state index < -0.39 is 125 Å². The van der Waals surface area contributed by atoms with Crippen LogP contribution in [0, 0.1) is 50.7 Å². The molecule has 4 atom stereocenters. The van der Waals surface area contributed by atoms with Crippen LogP contribution >= 0.6 is 0 Å². The molecule has 0 heterocycles. The number of rotatable bonds is 24. The number of hydrogen-bond donors (Lipinski definition) is 4. The molecule has 0 amide bonds. The lowest BCUT2D eigenvalue weighted by atomic mass is 9.82. The zero-order chi connectivity index (χ0) is 41.9. The Morgan fingerprint density at radius 1 is 0.377 bits per heavy atom. The van der Waals surface area contributed by atoms with Gasteiger partial charge in [0.25, 0.3) is 0 Å². The number of carbonyl (C=O) groups excluding carboxylic acids is 4. The van der Waals surface area contributed by atoms with Gasteiger partial charge in [-0.1, -0.05) is 27.7 Å². The summed E-state index contributed by atoms with van der Waals surface area (Å²) in [6.07, 6.45) is -0.520. The molecule has 4 N–H and O–H groups in total. The Labute approximate surface area is 311 Å². The Hall–Kier alpha value is -4.24. The van der Waals surface area contributed by atoms with Gasteiger partial charge < -0.3 is 39.4 Å². The summed E-state index contributed by atoms with van der Waals surface area (Å²) < 4.78 is 22.6. The van der Waals surface area contributed by atoms with Crippen LogP contribution in [0.5, 0.6) is 0 Å². The summed E-state index contributed by atoms with van der Waals surface area (Å²) >= 11 is 0. The highest BCUT2D eigenvalue weighted by Gasteiger charge is 2.45. The van der Waals surface area contributed by atoms with Gasteiger partial charge in [-0.05, 0) is 81.1 Å². The molecule has 0 spiro atoms. The third-order valence-electron chi connectivity index (χ3n) is 9.20. The molecule has 0 saturated carbocycles. The quantitative estimate of drug-likeness (QED) is 0.0768. The van der Waals surface area contributed by atoms with E-state index in [2.05, 4.69) is 0 Å². The fourth-order valence-corrected chi connectivity index (χ4v) is 5.65. The molecule has 0 aromatic heterocycles. The maximum atomic E-state index is 13.4. The number of carbonyl (C=O) groups is 8. The van der Waals surface area contributed by atoms with E-state index in [9.17, 15) is 58.8 Å². The number of carboxylic acids is 4. The molecule has 0 aromatic rings. The molecule has 53 heavy (non-hydrogen) atoms. The van der Waals surface area contributed by atoms with Gasteiger partial charge in [0.2, 0.25) is 0 Å². The summed E-state index contributed by atoms with van der Waals surface area (Å²) in [6, 6.07) is 0. The minimum Gasteiger partial charge on any atom is -0.481 e. The van der Waals surface area contributed by atoms with Crippen LogP contribution in [0.4, 0.5) is 0 Å². The predicted molar refractivity (Wildman–Crippen MR) is 187 cm³/mol. The van der Waals surface area contributed by atoms with E-state index in [0.29, 0.717) is 0 Å².